The van der Waals surface area contributed by atoms with Gasteiger partial charge >= 0.3 is 42.8 Å². The van der Waals surface area contributed by atoms with Crippen LogP contribution >= 0.6 is 0 Å². The minimum atomic E-state index is 0. The predicted octanol–water partition coefficient (Wildman–Crippen LogP) is -0.947. The van der Waals surface area contributed by atoms with E-state index in [1.165, 1.54) is 0 Å². The van der Waals surface area contributed by atoms with Crippen molar-refractivity contribution in [1.82, 2.24) is 0 Å². The Hall–Kier alpha value is 1.05. The van der Waals surface area contributed by atoms with E-state index in [4.69, 9.17) is 3.83 Å². The molecule has 1 N–H and O–H groups in total. The second-order valence-electron chi connectivity index (χ2n) is 0. The van der Waals surface area contributed by atoms with E-state index in [-0.39, 0.29) is 28.5 Å². The van der Waals surface area contributed by atoms with Gasteiger partial charge in [-0.15, -0.1) is 0 Å². The zero-order valence-corrected chi connectivity index (χ0v) is 5.31. The first kappa shape index (κ1) is 19.7. The van der Waals surface area contributed by atoms with Crippen molar-refractivity contribution < 1.29 is 25.3 Å². The van der Waals surface area contributed by atoms with Gasteiger partial charge in [0, 0.05) is 0 Å². The predicted molar refractivity (Wildman–Crippen MR) is 9.77 cm³/mol. The number of rotatable bonds is 0. The van der Waals surface area contributed by atoms with E-state index in [1.807, 2.05) is 15.9 Å². The molecule has 2 nitrogen and oxygen atoms in total. The van der Waals surface area contributed by atoms with Crippen LogP contribution in [0.15, 0.2) is 0 Å². The van der Waals surface area contributed by atoms with Gasteiger partial charge < -0.3 is 5.48 Å². The third-order valence-electron chi connectivity index (χ3n) is 0. The molecule has 0 aliphatic carbocycles. The Labute approximate surface area is 48.4 Å². The Morgan fingerprint density at radius 1 is 1.25 bits per heavy atom. The van der Waals surface area contributed by atoms with E-state index in [2.05, 4.69) is 0 Å². The Bertz CT molecular complexity index is 6.00. The molecule has 24 valence electrons. The molecular weight excluding hydrogens is 112 g/mol. The molecule has 0 aromatic rings. The van der Waals surface area contributed by atoms with E-state index < -0.39 is 0 Å². The minimum absolute atomic E-state index is 0. The zero-order valence-electron chi connectivity index (χ0n) is 2.21. The molecule has 0 heterocycles. The van der Waals surface area contributed by atoms with Crippen LogP contribution in [-0.2, 0) is 19.8 Å². The summed E-state index contributed by atoms with van der Waals surface area (Å²) in [5.74, 6) is 0. The summed E-state index contributed by atoms with van der Waals surface area (Å²) in [5, 5.41) is 0. The van der Waals surface area contributed by atoms with Gasteiger partial charge in [-0.2, -0.15) is 0 Å². The Kier molecular flexibility index (Phi) is 169. The summed E-state index contributed by atoms with van der Waals surface area (Å²) in [4.78, 5) is 0. The Morgan fingerprint density at radius 3 is 1.25 bits per heavy atom. The molecular formula is H2FeMgO2. The summed E-state index contributed by atoms with van der Waals surface area (Å²) < 4.78 is 8.00. The van der Waals surface area contributed by atoms with Gasteiger partial charge in [-0.1, -0.05) is 0 Å². The Morgan fingerprint density at radius 2 is 1.25 bits per heavy atom. The van der Waals surface area contributed by atoms with Crippen molar-refractivity contribution >= 4 is 23.1 Å². The number of hydrogen-bond donors (Lipinski definition) is 0. The number of hydrogen-bond acceptors (Lipinski definition) is 2. The molecule has 0 spiro atoms. The summed E-state index contributed by atoms with van der Waals surface area (Å²) in [6.07, 6.45) is 0. The SMILES string of the molecule is [MgH+].[OH-].[O]=[Fe]. The fourth-order valence-corrected chi connectivity index (χ4v) is 0. The summed E-state index contributed by atoms with van der Waals surface area (Å²) in [6.45, 7) is 0. The van der Waals surface area contributed by atoms with Gasteiger partial charge in [0.25, 0.3) is 0 Å². The van der Waals surface area contributed by atoms with Crippen LogP contribution in [0.2, 0.25) is 0 Å². The van der Waals surface area contributed by atoms with Crippen molar-refractivity contribution in [2.45, 2.75) is 0 Å². The molecule has 0 amide bonds. The van der Waals surface area contributed by atoms with Crippen LogP contribution in [0.1, 0.15) is 0 Å². The second-order valence-corrected chi connectivity index (χ2v) is 0. The van der Waals surface area contributed by atoms with Crippen LogP contribution in [0, 0.1) is 0 Å². The molecule has 0 aliphatic heterocycles. The van der Waals surface area contributed by atoms with Crippen LogP contribution in [0.4, 0.5) is 0 Å². The summed E-state index contributed by atoms with van der Waals surface area (Å²) >= 11 is 2.00. The van der Waals surface area contributed by atoms with Gasteiger partial charge in [0.15, 0.2) is 0 Å². The second kappa shape index (κ2) is 34.3. The van der Waals surface area contributed by atoms with Gasteiger partial charge in [0.2, 0.25) is 0 Å². The van der Waals surface area contributed by atoms with E-state index in [9.17, 15) is 0 Å². The molecule has 4 heteroatoms. The quantitative estimate of drug-likeness (QED) is 0.381. The fourth-order valence-electron chi connectivity index (χ4n) is 0. The molecule has 4 heavy (non-hydrogen) atoms. The maximum atomic E-state index is 8.00. The van der Waals surface area contributed by atoms with Gasteiger partial charge in [-0.25, -0.2) is 0 Å². The van der Waals surface area contributed by atoms with Crippen LogP contribution in [0.3, 0.4) is 0 Å². The first-order valence-electron chi connectivity index (χ1n) is 0.144. The standard InChI is InChI=1S/Fe.Mg.H2O.O.H/h;;1H2;;/q;+1;;;/p-1. The first-order valence-corrected chi connectivity index (χ1v) is 0.595. The van der Waals surface area contributed by atoms with E-state index >= 15 is 0 Å². The third kappa shape index (κ3) is 11.7. The van der Waals surface area contributed by atoms with Crippen LogP contribution in [0.25, 0.3) is 0 Å². The Balaban J connectivity index is -0.00000000500. The van der Waals surface area contributed by atoms with Crippen molar-refractivity contribution in [3.05, 3.63) is 0 Å². The van der Waals surface area contributed by atoms with Crippen molar-refractivity contribution in [1.29, 1.82) is 0 Å². The molecule has 0 unspecified atom stereocenters. The molecule has 0 bridgehead atoms. The molecule has 0 saturated carbocycles. The van der Waals surface area contributed by atoms with Gasteiger partial charge in [-0.3, -0.25) is 0 Å². The van der Waals surface area contributed by atoms with Gasteiger partial charge in [-0.05, 0) is 0 Å². The third-order valence-corrected chi connectivity index (χ3v) is 0. The van der Waals surface area contributed by atoms with Crippen LogP contribution < -0.4 is 0 Å². The first-order chi connectivity index (χ1) is 1.00. The molecule has 0 fully saturated rings. The van der Waals surface area contributed by atoms with E-state index in [1.54, 1.807) is 0 Å². The fraction of sp³-hybridized carbons (Fsp3) is 0. The zero-order chi connectivity index (χ0) is 2.00. The average Bonchev–Trinajstić information content (AvgIpc) is 1.00. The molecule has 0 aromatic heterocycles. The monoisotopic (exact) mass is 114 g/mol. The van der Waals surface area contributed by atoms with Crippen molar-refractivity contribution in [3.63, 3.8) is 0 Å². The molecule has 0 saturated heterocycles. The summed E-state index contributed by atoms with van der Waals surface area (Å²) in [5.41, 5.74) is 0. The van der Waals surface area contributed by atoms with Crippen LogP contribution in [-0.4, -0.2) is 28.5 Å². The summed E-state index contributed by atoms with van der Waals surface area (Å²) in [7, 11) is 0. The van der Waals surface area contributed by atoms with Crippen molar-refractivity contribution in [2.24, 2.45) is 0 Å². The topological polar surface area (TPSA) is 47.1 Å². The molecule has 0 aromatic carbocycles. The maximum absolute atomic E-state index is 8.00. The molecule has 0 aliphatic rings. The van der Waals surface area contributed by atoms with E-state index in [0.29, 0.717) is 0 Å². The normalized spacial score (nSPS) is 1.25. The molecule has 0 atom stereocenters. The van der Waals surface area contributed by atoms with Crippen molar-refractivity contribution in [3.8, 4) is 0 Å². The van der Waals surface area contributed by atoms with Gasteiger partial charge in [0.05, 0.1) is 0 Å². The molecule has 0 radical (unpaired) electrons. The van der Waals surface area contributed by atoms with Gasteiger partial charge in [0.1, 0.15) is 0 Å². The van der Waals surface area contributed by atoms with Crippen LogP contribution in [0.5, 0.6) is 0 Å². The van der Waals surface area contributed by atoms with Crippen molar-refractivity contribution in [2.75, 3.05) is 0 Å². The average molecular weight is 114 g/mol. The summed E-state index contributed by atoms with van der Waals surface area (Å²) in [6, 6.07) is 0. The molecule has 0 rings (SSSR count). The van der Waals surface area contributed by atoms with E-state index in [0.717, 1.165) is 0 Å².